The number of benzene rings is 1. The zero-order chi connectivity index (χ0) is 19.9. The maximum Gasteiger partial charge on any atom is 0.276 e. The fourth-order valence-corrected chi connectivity index (χ4v) is 4.51. The van der Waals surface area contributed by atoms with Crippen LogP contribution < -0.4 is 0 Å². The summed E-state index contributed by atoms with van der Waals surface area (Å²) in [5.74, 6) is -0.139. The number of carbonyl (C=O) groups excluding carboxylic acids is 1. The molecule has 0 saturated carbocycles. The molecular weight excluding hydrogens is 382 g/mol. The van der Waals surface area contributed by atoms with E-state index in [0.717, 1.165) is 16.8 Å². The first-order valence-electron chi connectivity index (χ1n) is 9.22. The molecule has 10 heteroatoms. The smallest absolute Gasteiger partial charge is 0.276 e. The number of morpholine rings is 1. The Bertz CT molecular complexity index is 1010. The second kappa shape index (κ2) is 7.26. The fraction of sp³-hybridized carbons (Fsp3) is 0.500. The zero-order valence-corrected chi connectivity index (χ0v) is 16.8. The van der Waals surface area contributed by atoms with Crippen molar-refractivity contribution < 1.29 is 17.9 Å². The molecule has 2 aliphatic rings. The van der Waals surface area contributed by atoms with E-state index in [4.69, 9.17) is 4.74 Å². The topological polar surface area (TPSA) is 97.6 Å². The SMILES string of the molecule is Cc1c(C(=O)N2CCOCC2)nnn1-c1cccc2c1CCN(S(C)(=O)=O)C2. The molecule has 4 rings (SSSR count). The van der Waals surface area contributed by atoms with Crippen LogP contribution in [-0.4, -0.2) is 77.6 Å². The van der Waals surface area contributed by atoms with Gasteiger partial charge >= 0.3 is 0 Å². The van der Waals surface area contributed by atoms with E-state index in [1.165, 1.54) is 10.6 Å². The lowest BCUT2D eigenvalue weighted by molar-refractivity contribution is 0.0298. The predicted octanol–water partition coefficient (Wildman–Crippen LogP) is 0.366. The number of amides is 1. The van der Waals surface area contributed by atoms with Gasteiger partial charge in [-0.15, -0.1) is 5.10 Å². The minimum absolute atomic E-state index is 0.139. The summed E-state index contributed by atoms with van der Waals surface area (Å²) < 4.78 is 32.2. The van der Waals surface area contributed by atoms with Gasteiger partial charge in [-0.05, 0) is 30.5 Å². The van der Waals surface area contributed by atoms with Gasteiger partial charge in [-0.1, -0.05) is 17.3 Å². The van der Waals surface area contributed by atoms with Crippen LogP contribution in [0.4, 0.5) is 0 Å². The van der Waals surface area contributed by atoms with Gasteiger partial charge in [-0.2, -0.15) is 4.31 Å². The van der Waals surface area contributed by atoms with Gasteiger partial charge in [0.25, 0.3) is 5.91 Å². The number of fused-ring (bicyclic) bond motifs is 1. The highest BCUT2D eigenvalue weighted by atomic mass is 32.2. The number of aromatic nitrogens is 3. The number of ether oxygens (including phenoxy) is 1. The standard InChI is InChI=1S/C18H23N5O4S/c1-13-17(18(24)21-8-10-27-11-9-21)19-20-23(13)16-5-3-4-14-12-22(28(2,25)26)7-6-15(14)16/h3-5H,6-12H2,1-2H3. The number of rotatable bonds is 3. The van der Waals surface area contributed by atoms with E-state index in [9.17, 15) is 13.2 Å². The average Bonchev–Trinajstić information content (AvgIpc) is 3.07. The van der Waals surface area contributed by atoms with Crippen LogP contribution in [-0.2, 0) is 27.7 Å². The average molecular weight is 405 g/mol. The summed E-state index contributed by atoms with van der Waals surface area (Å²) >= 11 is 0. The molecule has 0 bridgehead atoms. The van der Waals surface area contributed by atoms with E-state index in [0.29, 0.717) is 57.2 Å². The summed E-state index contributed by atoms with van der Waals surface area (Å²) in [5.41, 5.74) is 3.85. The molecule has 0 aliphatic carbocycles. The highest BCUT2D eigenvalue weighted by Gasteiger charge is 2.28. The van der Waals surface area contributed by atoms with Crippen LogP contribution >= 0.6 is 0 Å². The first kappa shape index (κ1) is 19.0. The number of carbonyl (C=O) groups is 1. The molecule has 2 aliphatic heterocycles. The molecule has 1 saturated heterocycles. The molecule has 1 aromatic heterocycles. The molecule has 150 valence electrons. The van der Waals surface area contributed by atoms with E-state index in [-0.39, 0.29) is 5.91 Å². The lowest BCUT2D eigenvalue weighted by Crippen LogP contribution is -2.41. The summed E-state index contributed by atoms with van der Waals surface area (Å²) in [7, 11) is -3.24. The van der Waals surface area contributed by atoms with Gasteiger partial charge in [-0.25, -0.2) is 13.1 Å². The van der Waals surface area contributed by atoms with Crippen LogP contribution in [0.15, 0.2) is 18.2 Å². The van der Waals surface area contributed by atoms with Crippen molar-refractivity contribution >= 4 is 15.9 Å². The Labute approximate surface area is 163 Å². The minimum atomic E-state index is -3.24. The Morgan fingerprint density at radius 2 is 1.93 bits per heavy atom. The van der Waals surface area contributed by atoms with Crippen molar-refractivity contribution in [2.24, 2.45) is 0 Å². The Hall–Kier alpha value is -2.30. The van der Waals surface area contributed by atoms with Gasteiger partial charge in [0, 0.05) is 26.2 Å². The quantitative estimate of drug-likeness (QED) is 0.732. The molecule has 1 amide bonds. The third-order valence-corrected chi connectivity index (χ3v) is 6.55. The van der Waals surface area contributed by atoms with Crippen LogP contribution in [0.5, 0.6) is 0 Å². The normalized spacial score (nSPS) is 18.1. The largest absolute Gasteiger partial charge is 0.378 e. The van der Waals surface area contributed by atoms with E-state index in [1.54, 1.807) is 9.58 Å². The molecule has 0 spiro atoms. The van der Waals surface area contributed by atoms with Crippen molar-refractivity contribution in [2.75, 3.05) is 39.1 Å². The number of nitrogens with zero attached hydrogens (tertiary/aromatic N) is 5. The summed E-state index contributed by atoms with van der Waals surface area (Å²) in [4.78, 5) is 14.5. The van der Waals surface area contributed by atoms with Crippen LogP contribution in [0, 0.1) is 6.92 Å². The van der Waals surface area contributed by atoms with Crippen molar-refractivity contribution in [3.05, 3.63) is 40.7 Å². The highest BCUT2D eigenvalue weighted by molar-refractivity contribution is 7.88. The monoisotopic (exact) mass is 405 g/mol. The zero-order valence-electron chi connectivity index (χ0n) is 16.0. The first-order chi connectivity index (χ1) is 13.4. The first-order valence-corrected chi connectivity index (χ1v) is 11.1. The Morgan fingerprint density at radius 1 is 1.18 bits per heavy atom. The van der Waals surface area contributed by atoms with Crippen molar-refractivity contribution in [2.45, 2.75) is 19.9 Å². The lowest BCUT2D eigenvalue weighted by atomic mass is 9.99. The molecule has 0 atom stereocenters. The number of hydrogen-bond acceptors (Lipinski definition) is 6. The maximum absolute atomic E-state index is 12.8. The Kier molecular flexibility index (Phi) is 4.94. The second-order valence-electron chi connectivity index (χ2n) is 7.10. The van der Waals surface area contributed by atoms with Crippen LogP contribution in [0.25, 0.3) is 5.69 Å². The van der Waals surface area contributed by atoms with Gasteiger partial charge in [0.15, 0.2) is 5.69 Å². The van der Waals surface area contributed by atoms with Crippen LogP contribution in [0.2, 0.25) is 0 Å². The molecule has 1 aromatic carbocycles. The van der Waals surface area contributed by atoms with Crippen molar-refractivity contribution in [3.63, 3.8) is 0 Å². The number of hydrogen-bond donors (Lipinski definition) is 0. The molecule has 0 unspecified atom stereocenters. The van der Waals surface area contributed by atoms with Gasteiger partial charge in [0.05, 0.1) is 30.9 Å². The van der Waals surface area contributed by atoms with E-state index in [2.05, 4.69) is 10.3 Å². The fourth-order valence-electron chi connectivity index (χ4n) is 3.72. The molecular formula is C18H23N5O4S. The Morgan fingerprint density at radius 3 is 2.64 bits per heavy atom. The van der Waals surface area contributed by atoms with E-state index >= 15 is 0 Å². The van der Waals surface area contributed by atoms with Crippen molar-refractivity contribution in [1.82, 2.24) is 24.2 Å². The maximum atomic E-state index is 12.8. The minimum Gasteiger partial charge on any atom is -0.378 e. The molecule has 0 N–H and O–H groups in total. The Balaban J connectivity index is 1.66. The van der Waals surface area contributed by atoms with Crippen molar-refractivity contribution in [1.29, 1.82) is 0 Å². The third-order valence-electron chi connectivity index (χ3n) is 5.30. The summed E-state index contributed by atoms with van der Waals surface area (Å²) in [5, 5.41) is 8.38. The van der Waals surface area contributed by atoms with E-state index < -0.39 is 10.0 Å². The molecule has 9 nitrogen and oxygen atoms in total. The van der Waals surface area contributed by atoms with Crippen molar-refractivity contribution in [3.8, 4) is 5.69 Å². The lowest BCUT2D eigenvalue weighted by Gasteiger charge is -2.28. The highest BCUT2D eigenvalue weighted by Crippen LogP contribution is 2.27. The van der Waals surface area contributed by atoms with E-state index in [1.807, 2.05) is 25.1 Å². The van der Waals surface area contributed by atoms with Gasteiger partial charge in [-0.3, -0.25) is 4.79 Å². The van der Waals surface area contributed by atoms with Gasteiger partial charge in [0.2, 0.25) is 10.0 Å². The summed E-state index contributed by atoms with van der Waals surface area (Å²) in [6.07, 6.45) is 1.82. The van der Waals surface area contributed by atoms with Gasteiger partial charge in [0.1, 0.15) is 0 Å². The summed E-state index contributed by atoms with van der Waals surface area (Å²) in [6, 6.07) is 5.74. The molecule has 1 fully saturated rings. The van der Waals surface area contributed by atoms with Crippen LogP contribution in [0.1, 0.15) is 27.3 Å². The molecule has 28 heavy (non-hydrogen) atoms. The summed E-state index contributed by atoms with van der Waals surface area (Å²) in [6.45, 7) is 4.76. The number of sulfonamides is 1. The second-order valence-corrected chi connectivity index (χ2v) is 9.08. The molecule has 0 radical (unpaired) electrons. The van der Waals surface area contributed by atoms with Crippen LogP contribution in [0.3, 0.4) is 0 Å². The predicted molar refractivity (Wildman–Crippen MR) is 102 cm³/mol. The molecule has 3 heterocycles. The molecule has 2 aromatic rings. The van der Waals surface area contributed by atoms with Gasteiger partial charge < -0.3 is 9.64 Å². The third kappa shape index (κ3) is 3.43.